The van der Waals surface area contributed by atoms with Crippen molar-refractivity contribution < 1.29 is 28.4 Å². The fourth-order valence-corrected chi connectivity index (χ4v) is 3.55. The highest BCUT2D eigenvalue weighted by Crippen LogP contribution is 2.26. The summed E-state index contributed by atoms with van der Waals surface area (Å²) in [5, 5.41) is 0. The second-order valence-electron chi connectivity index (χ2n) is 7.89. The molecule has 36 heavy (non-hydrogen) atoms. The molecule has 0 atom stereocenters. The maximum absolute atomic E-state index is 5.67. The molecule has 0 aliphatic carbocycles. The van der Waals surface area contributed by atoms with Crippen LogP contribution >= 0.6 is 0 Å². The second-order valence-corrected chi connectivity index (χ2v) is 7.89. The third-order valence-electron chi connectivity index (χ3n) is 5.43. The van der Waals surface area contributed by atoms with E-state index in [0.29, 0.717) is 39.3 Å². The van der Waals surface area contributed by atoms with E-state index in [-0.39, 0.29) is 0 Å². The maximum Gasteiger partial charge on any atom is 0.122 e. The van der Waals surface area contributed by atoms with Gasteiger partial charge < -0.3 is 28.4 Å². The van der Waals surface area contributed by atoms with Gasteiger partial charge in [0, 0.05) is 26.1 Å². The van der Waals surface area contributed by atoms with Crippen molar-refractivity contribution in [2.24, 2.45) is 0 Å². The summed E-state index contributed by atoms with van der Waals surface area (Å²) in [6.45, 7) is 2.56. The fraction of sp³-hybridized carbons (Fsp3) is 0.467. The molecule has 0 unspecified atom stereocenters. The summed E-state index contributed by atoms with van der Waals surface area (Å²) in [6.07, 6.45) is 4.89. The SMILES string of the molecule is COc1ccc(OC)c(CCCOCCC#CC#CCCOCCCc2cc(OC)ccc2OC)c1. The molecule has 2 aromatic rings. The number of ether oxygens (including phenoxy) is 6. The van der Waals surface area contributed by atoms with Crippen LogP contribution in [0.15, 0.2) is 36.4 Å². The molecule has 0 spiro atoms. The molecule has 0 heterocycles. The Kier molecular flexibility index (Phi) is 14.5. The highest BCUT2D eigenvalue weighted by molar-refractivity contribution is 5.41. The standard InChI is InChI=1S/C30H38O6/c1-31-27-15-17-29(33-3)25(23-27)13-11-21-35-19-9-7-5-6-8-10-20-36-22-12-14-26-24-28(32-2)16-18-30(26)34-4/h15-18,23-24H,9-14,19-22H2,1-4H3. The topological polar surface area (TPSA) is 55.4 Å². The minimum Gasteiger partial charge on any atom is -0.497 e. The lowest BCUT2D eigenvalue weighted by molar-refractivity contribution is 0.137. The monoisotopic (exact) mass is 494 g/mol. The van der Waals surface area contributed by atoms with E-state index in [2.05, 4.69) is 23.7 Å². The minimum absolute atomic E-state index is 0.602. The Labute approximate surface area is 216 Å². The third kappa shape index (κ3) is 11.0. The van der Waals surface area contributed by atoms with E-state index in [9.17, 15) is 0 Å². The van der Waals surface area contributed by atoms with E-state index < -0.39 is 0 Å². The molecule has 0 N–H and O–H groups in total. The summed E-state index contributed by atoms with van der Waals surface area (Å²) in [5.41, 5.74) is 2.24. The van der Waals surface area contributed by atoms with E-state index in [1.807, 2.05) is 36.4 Å². The van der Waals surface area contributed by atoms with Gasteiger partial charge in [0.05, 0.1) is 41.7 Å². The highest BCUT2D eigenvalue weighted by Gasteiger charge is 2.06. The Hall–Kier alpha value is -3.32. The van der Waals surface area contributed by atoms with Crippen LogP contribution < -0.4 is 18.9 Å². The molecule has 0 fully saturated rings. The fourth-order valence-electron chi connectivity index (χ4n) is 3.55. The van der Waals surface area contributed by atoms with Gasteiger partial charge in [0.25, 0.3) is 0 Å². The van der Waals surface area contributed by atoms with Gasteiger partial charge in [-0.05, 0) is 85.0 Å². The molecule has 0 radical (unpaired) electrons. The molecule has 2 rings (SSSR count). The van der Waals surface area contributed by atoms with E-state index in [1.165, 1.54) is 0 Å². The number of methoxy groups -OCH3 is 4. The van der Waals surface area contributed by atoms with Crippen molar-refractivity contribution in [2.75, 3.05) is 54.9 Å². The van der Waals surface area contributed by atoms with Crippen LogP contribution in [-0.4, -0.2) is 54.9 Å². The van der Waals surface area contributed by atoms with E-state index in [1.54, 1.807) is 28.4 Å². The minimum atomic E-state index is 0.602. The van der Waals surface area contributed by atoms with Gasteiger partial charge in [-0.15, -0.1) is 0 Å². The molecule has 0 aliphatic rings. The summed E-state index contributed by atoms with van der Waals surface area (Å²) in [7, 11) is 6.69. The summed E-state index contributed by atoms with van der Waals surface area (Å²) in [6, 6.07) is 11.7. The van der Waals surface area contributed by atoms with Gasteiger partial charge in [-0.2, -0.15) is 0 Å². The number of hydrogen-bond donors (Lipinski definition) is 0. The zero-order valence-electron chi connectivity index (χ0n) is 22.0. The first-order chi connectivity index (χ1) is 17.7. The maximum atomic E-state index is 5.67. The molecule has 0 aliphatic heterocycles. The molecular weight excluding hydrogens is 456 g/mol. The van der Waals surface area contributed by atoms with Crippen molar-refractivity contribution in [3.8, 4) is 46.7 Å². The first-order valence-corrected chi connectivity index (χ1v) is 12.2. The van der Waals surface area contributed by atoms with Gasteiger partial charge in [-0.3, -0.25) is 0 Å². The summed E-state index contributed by atoms with van der Waals surface area (Å²) in [5.74, 6) is 15.2. The predicted octanol–water partition coefficient (Wildman–Crippen LogP) is 5.11. The normalized spacial score (nSPS) is 10.0. The Balaban J connectivity index is 1.49. The average molecular weight is 495 g/mol. The zero-order valence-corrected chi connectivity index (χ0v) is 22.0. The van der Waals surface area contributed by atoms with Gasteiger partial charge in [0.15, 0.2) is 0 Å². The van der Waals surface area contributed by atoms with Gasteiger partial charge in [0.2, 0.25) is 0 Å². The molecule has 0 aromatic heterocycles. The lowest BCUT2D eigenvalue weighted by Crippen LogP contribution is -2.00. The summed E-state index contributed by atoms with van der Waals surface area (Å²) < 4.78 is 32.7. The van der Waals surface area contributed by atoms with Crippen LogP contribution in [0, 0.1) is 23.7 Å². The lowest BCUT2D eigenvalue weighted by Gasteiger charge is -2.10. The van der Waals surface area contributed by atoms with Crippen molar-refractivity contribution in [1.29, 1.82) is 0 Å². The smallest absolute Gasteiger partial charge is 0.122 e. The molecule has 6 heteroatoms. The molecule has 6 nitrogen and oxygen atoms in total. The van der Waals surface area contributed by atoms with E-state index in [0.717, 1.165) is 59.8 Å². The Morgan fingerprint density at radius 2 is 1.00 bits per heavy atom. The Bertz CT molecular complexity index is 942. The Morgan fingerprint density at radius 1 is 0.556 bits per heavy atom. The summed E-state index contributed by atoms with van der Waals surface area (Å²) >= 11 is 0. The number of benzene rings is 2. The van der Waals surface area contributed by atoms with Crippen molar-refractivity contribution in [3.63, 3.8) is 0 Å². The number of aryl methyl sites for hydroxylation is 2. The molecule has 0 bridgehead atoms. The molecule has 0 saturated heterocycles. The van der Waals surface area contributed by atoms with Crippen molar-refractivity contribution >= 4 is 0 Å². The third-order valence-corrected chi connectivity index (χ3v) is 5.43. The van der Waals surface area contributed by atoms with Crippen molar-refractivity contribution in [3.05, 3.63) is 47.5 Å². The lowest BCUT2D eigenvalue weighted by atomic mass is 10.1. The summed E-state index contributed by atoms with van der Waals surface area (Å²) in [4.78, 5) is 0. The van der Waals surface area contributed by atoms with Crippen LogP contribution in [0.25, 0.3) is 0 Å². The van der Waals surface area contributed by atoms with Crippen LogP contribution in [0.3, 0.4) is 0 Å². The zero-order chi connectivity index (χ0) is 25.8. The first-order valence-electron chi connectivity index (χ1n) is 12.2. The van der Waals surface area contributed by atoms with Crippen LogP contribution in [0.2, 0.25) is 0 Å². The predicted molar refractivity (Wildman–Crippen MR) is 142 cm³/mol. The largest absolute Gasteiger partial charge is 0.497 e. The molecule has 194 valence electrons. The van der Waals surface area contributed by atoms with Crippen LogP contribution in [0.4, 0.5) is 0 Å². The van der Waals surface area contributed by atoms with Crippen LogP contribution in [0.1, 0.15) is 36.8 Å². The van der Waals surface area contributed by atoms with Gasteiger partial charge in [0.1, 0.15) is 23.0 Å². The van der Waals surface area contributed by atoms with E-state index >= 15 is 0 Å². The van der Waals surface area contributed by atoms with Crippen LogP contribution in [-0.2, 0) is 22.3 Å². The van der Waals surface area contributed by atoms with Gasteiger partial charge in [-0.1, -0.05) is 11.8 Å². The molecule has 0 amide bonds. The number of rotatable bonds is 16. The second kappa shape index (κ2) is 18.0. The average Bonchev–Trinajstić information content (AvgIpc) is 2.92. The molecule has 0 saturated carbocycles. The van der Waals surface area contributed by atoms with Gasteiger partial charge >= 0.3 is 0 Å². The van der Waals surface area contributed by atoms with Crippen molar-refractivity contribution in [1.82, 2.24) is 0 Å². The van der Waals surface area contributed by atoms with E-state index in [4.69, 9.17) is 28.4 Å². The van der Waals surface area contributed by atoms with Crippen LogP contribution in [0.5, 0.6) is 23.0 Å². The highest BCUT2D eigenvalue weighted by atomic mass is 16.5. The molecule has 2 aromatic carbocycles. The first kappa shape index (κ1) is 28.9. The van der Waals surface area contributed by atoms with Crippen molar-refractivity contribution in [2.45, 2.75) is 38.5 Å². The quantitative estimate of drug-likeness (QED) is 0.239. The molecular formula is C30H38O6. The Morgan fingerprint density at radius 3 is 1.39 bits per heavy atom. The number of hydrogen-bond acceptors (Lipinski definition) is 6. The van der Waals surface area contributed by atoms with Gasteiger partial charge in [-0.25, -0.2) is 0 Å².